The number of hydrogen-bond donors (Lipinski definition) is 1. The number of halogens is 1. The van der Waals surface area contributed by atoms with Crippen LogP contribution in [0.4, 0.5) is 4.39 Å². The fourth-order valence-electron chi connectivity index (χ4n) is 3.62. The fourth-order valence-corrected chi connectivity index (χ4v) is 3.62. The Kier molecular flexibility index (Phi) is 4.22. The van der Waals surface area contributed by atoms with E-state index in [1.54, 1.807) is 6.07 Å². The number of nitrogens with zero attached hydrogens (tertiary/aromatic N) is 2. The number of fused-ring (bicyclic) bond motifs is 1. The van der Waals surface area contributed by atoms with Crippen molar-refractivity contribution in [2.45, 2.75) is 25.3 Å². The van der Waals surface area contributed by atoms with Gasteiger partial charge >= 0.3 is 5.97 Å². The molecule has 114 valence electrons. The smallest absolute Gasteiger partial charge is 0.317 e. The van der Waals surface area contributed by atoms with Crippen LogP contribution >= 0.6 is 0 Å². The van der Waals surface area contributed by atoms with Gasteiger partial charge in [0.2, 0.25) is 0 Å². The molecule has 1 fully saturated rings. The monoisotopic (exact) mass is 292 g/mol. The molecule has 1 N–H and O–H groups in total. The van der Waals surface area contributed by atoms with Crippen molar-refractivity contribution in [2.24, 2.45) is 0 Å². The zero-order chi connectivity index (χ0) is 14.8. The van der Waals surface area contributed by atoms with Gasteiger partial charge in [0.05, 0.1) is 6.54 Å². The molecule has 1 aliphatic carbocycles. The first kappa shape index (κ1) is 14.5. The lowest BCUT2D eigenvalue weighted by molar-refractivity contribution is -0.138. The molecule has 0 amide bonds. The molecule has 1 aliphatic heterocycles. The van der Waals surface area contributed by atoms with Crippen LogP contribution in [0, 0.1) is 5.82 Å². The predicted octanol–water partition coefficient (Wildman–Crippen LogP) is 1.91. The Morgan fingerprint density at radius 1 is 1.29 bits per heavy atom. The largest absolute Gasteiger partial charge is 0.480 e. The molecule has 0 aromatic heterocycles. The molecular formula is C16H21FN2O2. The van der Waals surface area contributed by atoms with Gasteiger partial charge in [0.15, 0.2) is 0 Å². The van der Waals surface area contributed by atoms with Crippen LogP contribution in [0.5, 0.6) is 0 Å². The molecule has 4 nitrogen and oxygen atoms in total. The minimum absolute atomic E-state index is 0.0858. The van der Waals surface area contributed by atoms with E-state index in [4.69, 9.17) is 5.11 Å². The van der Waals surface area contributed by atoms with E-state index in [0.29, 0.717) is 6.04 Å². The van der Waals surface area contributed by atoms with Crippen LogP contribution in [0.1, 0.15) is 30.0 Å². The number of aliphatic carboxylic acids is 1. The van der Waals surface area contributed by atoms with Crippen LogP contribution in [0.25, 0.3) is 0 Å². The molecule has 3 rings (SSSR count). The van der Waals surface area contributed by atoms with E-state index in [9.17, 15) is 9.18 Å². The lowest BCUT2D eigenvalue weighted by atomic mass is 10.1. The summed E-state index contributed by atoms with van der Waals surface area (Å²) in [6.45, 7) is 3.52. The molecule has 1 aromatic carbocycles. The summed E-state index contributed by atoms with van der Waals surface area (Å²) in [6, 6.07) is 5.66. The van der Waals surface area contributed by atoms with Crippen molar-refractivity contribution in [1.82, 2.24) is 9.80 Å². The van der Waals surface area contributed by atoms with Gasteiger partial charge in [0.1, 0.15) is 5.82 Å². The van der Waals surface area contributed by atoms with Gasteiger partial charge in [-0.25, -0.2) is 4.39 Å². The highest BCUT2D eigenvalue weighted by atomic mass is 19.1. The van der Waals surface area contributed by atoms with E-state index in [0.717, 1.165) is 56.6 Å². The second-order valence-electron chi connectivity index (χ2n) is 5.92. The predicted molar refractivity (Wildman–Crippen MR) is 77.7 cm³/mol. The van der Waals surface area contributed by atoms with Gasteiger partial charge in [-0.1, -0.05) is 12.1 Å². The minimum atomic E-state index is -0.767. The number of carboxylic acids is 1. The first-order chi connectivity index (χ1) is 10.1. The molecule has 0 radical (unpaired) electrons. The molecule has 1 unspecified atom stereocenters. The minimum Gasteiger partial charge on any atom is -0.480 e. The Balaban J connectivity index is 1.69. The normalized spacial score (nSPS) is 23.8. The number of carboxylic acid groups (broad SMARTS) is 1. The number of hydrogen-bond acceptors (Lipinski definition) is 3. The first-order valence-electron chi connectivity index (χ1n) is 7.60. The quantitative estimate of drug-likeness (QED) is 0.924. The lowest BCUT2D eigenvalue weighted by Gasteiger charge is -2.28. The maximum Gasteiger partial charge on any atom is 0.317 e. The summed E-state index contributed by atoms with van der Waals surface area (Å²) >= 11 is 0. The summed E-state index contributed by atoms with van der Waals surface area (Å²) < 4.78 is 13.8. The number of carbonyl (C=O) groups is 1. The Hall–Kier alpha value is -1.46. The van der Waals surface area contributed by atoms with Crippen molar-refractivity contribution in [1.29, 1.82) is 0 Å². The molecule has 1 saturated heterocycles. The van der Waals surface area contributed by atoms with Crippen molar-refractivity contribution >= 4 is 5.97 Å². The third-order valence-electron chi connectivity index (χ3n) is 4.60. The van der Waals surface area contributed by atoms with Crippen molar-refractivity contribution in [3.63, 3.8) is 0 Å². The van der Waals surface area contributed by atoms with Gasteiger partial charge in [-0.2, -0.15) is 0 Å². The second-order valence-corrected chi connectivity index (χ2v) is 5.92. The molecular weight excluding hydrogens is 271 g/mol. The Morgan fingerprint density at radius 3 is 2.95 bits per heavy atom. The zero-order valence-corrected chi connectivity index (χ0v) is 12.1. The van der Waals surface area contributed by atoms with E-state index < -0.39 is 5.97 Å². The van der Waals surface area contributed by atoms with Crippen LogP contribution in [-0.4, -0.2) is 53.6 Å². The Bertz CT molecular complexity index is 535. The van der Waals surface area contributed by atoms with E-state index >= 15 is 0 Å². The summed E-state index contributed by atoms with van der Waals surface area (Å²) in [5.41, 5.74) is 2.00. The number of rotatable bonds is 3. The molecule has 5 heteroatoms. The Morgan fingerprint density at radius 2 is 2.14 bits per heavy atom. The SMILES string of the molecule is O=C(O)CN1CCCN(C2CCc3c(F)cccc32)CC1. The van der Waals surface area contributed by atoms with Crippen molar-refractivity contribution in [3.8, 4) is 0 Å². The van der Waals surface area contributed by atoms with E-state index in [-0.39, 0.29) is 12.4 Å². The van der Waals surface area contributed by atoms with Crippen molar-refractivity contribution < 1.29 is 14.3 Å². The highest BCUT2D eigenvalue weighted by Gasteiger charge is 2.30. The van der Waals surface area contributed by atoms with Gasteiger partial charge in [-0.3, -0.25) is 14.6 Å². The van der Waals surface area contributed by atoms with Gasteiger partial charge in [-0.05, 0) is 36.5 Å². The summed E-state index contributed by atoms with van der Waals surface area (Å²) in [5, 5.41) is 8.90. The first-order valence-corrected chi connectivity index (χ1v) is 7.60. The highest BCUT2D eigenvalue weighted by Crippen LogP contribution is 2.37. The summed E-state index contributed by atoms with van der Waals surface area (Å²) in [5.74, 6) is -0.853. The van der Waals surface area contributed by atoms with Gasteiger partial charge in [-0.15, -0.1) is 0 Å². The lowest BCUT2D eigenvalue weighted by Crippen LogP contribution is -2.35. The molecule has 2 aliphatic rings. The maximum atomic E-state index is 13.8. The summed E-state index contributed by atoms with van der Waals surface area (Å²) in [4.78, 5) is 15.2. The standard InChI is InChI=1S/C16H21FN2O2/c17-14-4-1-3-13-12(14)5-6-15(13)19-8-2-7-18(9-10-19)11-16(20)21/h1,3-4,15H,2,5-11H2,(H,20,21). The Labute approximate surface area is 124 Å². The van der Waals surface area contributed by atoms with Crippen LogP contribution < -0.4 is 0 Å². The molecule has 0 bridgehead atoms. The zero-order valence-electron chi connectivity index (χ0n) is 12.1. The topological polar surface area (TPSA) is 43.8 Å². The number of benzene rings is 1. The van der Waals surface area contributed by atoms with Crippen LogP contribution in [0.15, 0.2) is 18.2 Å². The average molecular weight is 292 g/mol. The summed E-state index contributed by atoms with van der Waals surface area (Å²) in [6.07, 6.45) is 2.74. The van der Waals surface area contributed by atoms with Gasteiger partial charge < -0.3 is 5.11 Å². The molecule has 0 spiro atoms. The van der Waals surface area contributed by atoms with E-state index in [1.165, 1.54) is 6.07 Å². The van der Waals surface area contributed by atoms with Crippen LogP contribution in [0.2, 0.25) is 0 Å². The second kappa shape index (κ2) is 6.12. The molecule has 21 heavy (non-hydrogen) atoms. The molecule has 1 atom stereocenters. The summed E-state index contributed by atoms with van der Waals surface area (Å²) in [7, 11) is 0. The average Bonchev–Trinajstić information content (AvgIpc) is 2.74. The van der Waals surface area contributed by atoms with Gasteiger partial charge in [0.25, 0.3) is 0 Å². The van der Waals surface area contributed by atoms with Gasteiger partial charge in [0, 0.05) is 32.2 Å². The highest BCUT2D eigenvalue weighted by molar-refractivity contribution is 5.69. The third-order valence-corrected chi connectivity index (χ3v) is 4.60. The molecule has 1 aromatic rings. The van der Waals surface area contributed by atoms with E-state index in [1.807, 2.05) is 11.0 Å². The van der Waals surface area contributed by atoms with Crippen LogP contribution in [0.3, 0.4) is 0 Å². The fraction of sp³-hybridized carbons (Fsp3) is 0.562. The van der Waals surface area contributed by atoms with Crippen molar-refractivity contribution in [2.75, 3.05) is 32.7 Å². The van der Waals surface area contributed by atoms with E-state index in [2.05, 4.69) is 4.90 Å². The van der Waals surface area contributed by atoms with Crippen LogP contribution in [-0.2, 0) is 11.2 Å². The molecule has 0 saturated carbocycles. The maximum absolute atomic E-state index is 13.8. The third kappa shape index (κ3) is 3.09. The molecule has 1 heterocycles. The van der Waals surface area contributed by atoms with Crippen molar-refractivity contribution in [3.05, 3.63) is 35.1 Å².